The summed E-state index contributed by atoms with van der Waals surface area (Å²) in [7, 11) is -2.43. The van der Waals surface area contributed by atoms with Crippen LogP contribution in [-0.4, -0.2) is 26.4 Å². The maximum Gasteiger partial charge on any atom is 0.339 e. The Kier molecular flexibility index (Phi) is 4.32. The van der Waals surface area contributed by atoms with E-state index >= 15 is 0 Å². The number of hydrogen-bond donors (Lipinski definition) is 0. The summed E-state index contributed by atoms with van der Waals surface area (Å²) >= 11 is 0. The van der Waals surface area contributed by atoms with Gasteiger partial charge in [-0.3, -0.25) is 0 Å². The summed E-state index contributed by atoms with van der Waals surface area (Å²) in [6.07, 6.45) is 1.86. The van der Waals surface area contributed by atoms with Crippen LogP contribution in [-0.2, 0) is 22.4 Å². The maximum absolute atomic E-state index is 5.37. The van der Waals surface area contributed by atoms with Crippen LogP contribution in [0.4, 0.5) is 0 Å². The molecule has 0 aliphatic carbocycles. The highest BCUT2D eigenvalue weighted by Gasteiger charge is 2.26. The van der Waals surface area contributed by atoms with Crippen LogP contribution in [0.5, 0.6) is 0 Å². The van der Waals surface area contributed by atoms with Gasteiger partial charge in [-0.25, -0.2) is 4.31 Å². The predicted molar refractivity (Wildman–Crippen MR) is 48.0 cm³/mol. The largest absolute Gasteiger partial charge is 0.339 e. The monoisotopic (exact) mass is 226 g/mol. The van der Waals surface area contributed by atoms with Crippen LogP contribution >= 0.6 is 17.2 Å². The molecule has 2 aliphatic heterocycles. The molecule has 0 atom stereocenters. The molecule has 0 radical (unpaired) electrons. The van der Waals surface area contributed by atoms with Crippen LogP contribution in [0.3, 0.4) is 0 Å². The smallest absolute Gasteiger partial charge is 0.312 e. The predicted octanol–water partition coefficient (Wildman–Crippen LogP) is 2.33. The topological polar surface area (TPSA) is 46.2 Å². The molecule has 13 heavy (non-hydrogen) atoms. The van der Waals surface area contributed by atoms with Gasteiger partial charge in [-0.15, -0.1) is 0 Å². The standard InChI is InChI=1S/C6H12O5P2/c1-3-7-12(8-4-1)11-13-9-5-2-6-10-13/h1-6H2. The SMILES string of the molecule is C1COP(OP2OCCCO2)OC1. The molecule has 0 spiro atoms. The molecule has 0 unspecified atom stereocenters. The zero-order valence-corrected chi connectivity index (χ0v) is 8.97. The van der Waals surface area contributed by atoms with Crippen LogP contribution < -0.4 is 0 Å². The van der Waals surface area contributed by atoms with E-state index in [1.165, 1.54) is 0 Å². The lowest BCUT2D eigenvalue weighted by Gasteiger charge is -2.26. The van der Waals surface area contributed by atoms with E-state index in [2.05, 4.69) is 0 Å². The second-order valence-corrected chi connectivity index (χ2v) is 5.15. The first-order valence-electron chi connectivity index (χ1n) is 4.25. The zero-order chi connectivity index (χ0) is 8.93. The van der Waals surface area contributed by atoms with Gasteiger partial charge in [0.15, 0.2) is 0 Å². The maximum atomic E-state index is 5.37. The molecule has 0 saturated carbocycles. The molecule has 2 rings (SSSR count). The molecule has 0 aromatic carbocycles. The van der Waals surface area contributed by atoms with Gasteiger partial charge in [-0.2, -0.15) is 0 Å². The Bertz CT molecular complexity index is 130. The first-order chi connectivity index (χ1) is 6.45. The third-order valence-electron chi connectivity index (χ3n) is 1.50. The molecular formula is C6H12O5P2. The quantitative estimate of drug-likeness (QED) is 0.676. The van der Waals surface area contributed by atoms with Crippen molar-refractivity contribution in [2.45, 2.75) is 12.8 Å². The lowest BCUT2D eigenvalue weighted by Crippen LogP contribution is -2.09. The molecule has 2 fully saturated rings. The van der Waals surface area contributed by atoms with Crippen LogP contribution in [0, 0.1) is 0 Å². The molecule has 0 amide bonds. The van der Waals surface area contributed by atoms with Gasteiger partial charge in [0.05, 0.1) is 26.4 Å². The van der Waals surface area contributed by atoms with E-state index in [-0.39, 0.29) is 0 Å². The van der Waals surface area contributed by atoms with Crippen molar-refractivity contribution in [2.24, 2.45) is 0 Å². The summed E-state index contributed by atoms with van der Waals surface area (Å²) in [5.74, 6) is 0. The van der Waals surface area contributed by atoms with Crippen molar-refractivity contribution in [3.05, 3.63) is 0 Å². The Labute approximate surface area is 79.6 Å². The molecule has 0 N–H and O–H groups in total. The van der Waals surface area contributed by atoms with Gasteiger partial charge >= 0.3 is 17.2 Å². The minimum Gasteiger partial charge on any atom is -0.312 e. The van der Waals surface area contributed by atoms with Crippen molar-refractivity contribution in [3.63, 3.8) is 0 Å². The first-order valence-corrected chi connectivity index (χ1v) is 6.44. The van der Waals surface area contributed by atoms with Gasteiger partial charge in [0, 0.05) is 0 Å². The van der Waals surface area contributed by atoms with Gasteiger partial charge in [0.1, 0.15) is 0 Å². The van der Waals surface area contributed by atoms with E-state index in [0.29, 0.717) is 26.4 Å². The Morgan fingerprint density at radius 3 is 1.46 bits per heavy atom. The third-order valence-corrected chi connectivity index (χ3v) is 4.14. The van der Waals surface area contributed by atoms with E-state index in [1.54, 1.807) is 0 Å². The van der Waals surface area contributed by atoms with E-state index in [0.717, 1.165) is 12.8 Å². The van der Waals surface area contributed by atoms with Crippen LogP contribution in [0.2, 0.25) is 0 Å². The second-order valence-electron chi connectivity index (χ2n) is 2.57. The van der Waals surface area contributed by atoms with Crippen LogP contribution in [0.25, 0.3) is 0 Å². The van der Waals surface area contributed by atoms with E-state index < -0.39 is 17.2 Å². The lowest BCUT2D eigenvalue weighted by molar-refractivity contribution is 0.113. The molecule has 5 nitrogen and oxygen atoms in total. The molecular weight excluding hydrogens is 214 g/mol. The highest BCUT2D eigenvalue weighted by atomic mass is 31.2. The highest BCUT2D eigenvalue weighted by Crippen LogP contribution is 2.57. The average molecular weight is 226 g/mol. The Morgan fingerprint density at radius 1 is 0.692 bits per heavy atom. The molecule has 0 aromatic rings. The molecule has 76 valence electrons. The van der Waals surface area contributed by atoms with Gasteiger partial charge < -0.3 is 18.1 Å². The highest BCUT2D eigenvalue weighted by molar-refractivity contribution is 7.55. The minimum atomic E-state index is -1.22. The zero-order valence-electron chi connectivity index (χ0n) is 7.18. The molecule has 0 aromatic heterocycles. The number of rotatable bonds is 2. The fraction of sp³-hybridized carbons (Fsp3) is 1.00. The normalized spacial score (nSPS) is 27.7. The fourth-order valence-electron chi connectivity index (χ4n) is 0.897. The van der Waals surface area contributed by atoms with Crippen LogP contribution in [0.15, 0.2) is 0 Å². The molecule has 2 saturated heterocycles. The summed E-state index contributed by atoms with van der Waals surface area (Å²) in [6.45, 7) is 2.81. The van der Waals surface area contributed by atoms with E-state index in [4.69, 9.17) is 22.4 Å². The summed E-state index contributed by atoms with van der Waals surface area (Å²) < 4.78 is 26.4. The van der Waals surface area contributed by atoms with Gasteiger partial charge in [-0.05, 0) is 12.8 Å². The molecule has 7 heteroatoms. The van der Waals surface area contributed by atoms with Crippen molar-refractivity contribution < 1.29 is 22.4 Å². The van der Waals surface area contributed by atoms with E-state index in [1.807, 2.05) is 0 Å². The molecule has 0 bridgehead atoms. The summed E-state index contributed by atoms with van der Waals surface area (Å²) in [5.41, 5.74) is 0. The fourth-order valence-corrected chi connectivity index (χ4v) is 3.35. The summed E-state index contributed by atoms with van der Waals surface area (Å²) in [5, 5.41) is 0. The average Bonchev–Trinajstić information content (AvgIpc) is 2.21. The van der Waals surface area contributed by atoms with Crippen molar-refractivity contribution in [3.8, 4) is 0 Å². The second kappa shape index (κ2) is 5.52. The van der Waals surface area contributed by atoms with Crippen molar-refractivity contribution in [2.75, 3.05) is 26.4 Å². The Morgan fingerprint density at radius 2 is 1.08 bits per heavy atom. The molecule has 2 aliphatic rings. The Hall–Kier alpha value is 0.660. The summed E-state index contributed by atoms with van der Waals surface area (Å²) in [6, 6.07) is 0. The van der Waals surface area contributed by atoms with Gasteiger partial charge in [0.2, 0.25) is 0 Å². The minimum absolute atomic E-state index is 0.703. The summed E-state index contributed by atoms with van der Waals surface area (Å²) in [4.78, 5) is 0. The molecule has 2 heterocycles. The van der Waals surface area contributed by atoms with Gasteiger partial charge in [-0.1, -0.05) is 0 Å². The van der Waals surface area contributed by atoms with E-state index in [9.17, 15) is 0 Å². The van der Waals surface area contributed by atoms with Crippen molar-refractivity contribution in [1.29, 1.82) is 0 Å². The van der Waals surface area contributed by atoms with Crippen LogP contribution in [0.1, 0.15) is 12.8 Å². The van der Waals surface area contributed by atoms with Crippen molar-refractivity contribution >= 4 is 17.2 Å². The number of hydrogen-bond acceptors (Lipinski definition) is 5. The van der Waals surface area contributed by atoms with Gasteiger partial charge in [0.25, 0.3) is 0 Å². The van der Waals surface area contributed by atoms with Crippen molar-refractivity contribution in [1.82, 2.24) is 0 Å². The third kappa shape index (κ3) is 3.37. The lowest BCUT2D eigenvalue weighted by atomic mass is 10.5. The first kappa shape index (κ1) is 10.2. The Balaban J connectivity index is 1.69.